The van der Waals surface area contributed by atoms with Crippen molar-refractivity contribution in [2.24, 2.45) is 0 Å². The number of nitrogens with zero attached hydrogens (tertiary/aromatic N) is 1. The summed E-state index contributed by atoms with van der Waals surface area (Å²) < 4.78 is 51.4. The Hall–Kier alpha value is -4.29. The van der Waals surface area contributed by atoms with Crippen molar-refractivity contribution in [1.29, 1.82) is 0 Å². The quantitative estimate of drug-likeness (QED) is 0.253. The number of ether oxygens (including phenoxy) is 2. The predicted molar refractivity (Wildman–Crippen MR) is 149 cm³/mol. The SMILES string of the molecule is CC(C)Oc1cc(OCCc2ccsc2)cc(C(=O)Nc2ccc(C(=O)NS(=O)(=O)c3ccc(F)cc3)cn2)c1. The van der Waals surface area contributed by atoms with E-state index in [2.05, 4.69) is 10.3 Å². The molecule has 0 saturated carbocycles. The molecule has 4 rings (SSSR count). The van der Waals surface area contributed by atoms with Gasteiger partial charge in [0.25, 0.3) is 21.8 Å². The molecule has 9 nitrogen and oxygen atoms in total. The minimum Gasteiger partial charge on any atom is -0.493 e. The molecule has 0 aliphatic heterocycles. The lowest BCUT2D eigenvalue weighted by molar-refractivity contribution is 0.0980. The number of aromatic nitrogens is 1. The maximum Gasteiger partial charge on any atom is 0.266 e. The highest BCUT2D eigenvalue weighted by Crippen LogP contribution is 2.25. The van der Waals surface area contributed by atoms with Gasteiger partial charge in [0.05, 0.1) is 23.2 Å². The Kier molecular flexibility index (Phi) is 9.12. The molecule has 0 fully saturated rings. The zero-order valence-corrected chi connectivity index (χ0v) is 23.2. The minimum atomic E-state index is -4.21. The van der Waals surface area contributed by atoms with E-state index in [4.69, 9.17) is 9.47 Å². The fraction of sp³-hybridized carbons (Fsp3) is 0.179. The molecular formula is C28H26FN3O6S2. The molecule has 0 spiro atoms. The second kappa shape index (κ2) is 12.7. The largest absolute Gasteiger partial charge is 0.493 e. The number of sulfonamides is 1. The van der Waals surface area contributed by atoms with Gasteiger partial charge in [-0.1, -0.05) is 0 Å². The van der Waals surface area contributed by atoms with E-state index in [0.717, 1.165) is 42.4 Å². The summed E-state index contributed by atoms with van der Waals surface area (Å²) in [5.41, 5.74) is 1.38. The lowest BCUT2D eigenvalue weighted by Gasteiger charge is -2.14. The molecule has 2 heterocycles. The van der Waals surface area contributed by atoms with Crippen LogP contribution in [0.15, 0.2) is 82.5 Å². The predicted octanol–water partition coefficient (Wildman–Crippen LogP) is 5.06. The molecule has 0 radical (unpaired) electrons. The number of rotatable bonds is 11. The minimum absolute atomic E-state index is 0.0580. The number of carbonyl (C=O) groups excluding carboxylic acids is 2. The van der Waals surface area contributed by atoms with Crippen molar-refractivity contribution < 1.29 is 31.9 Å². The van der Waals surface area contributed by atoms with Crippen LogP contribution < -0.4 is 19.5 Å². The van der Waals surface area contributed by atoms with E-state index < -0.39 is 27.7 Å². The van der Waals surface area contributed by atoms with Crippen LogP contribution in [0.5, 0.6) is 11.5 Å². The number of anilines is 1. The van der Waals surface area contributed by atoms with E-state index in [-0.39, 0.29) is 27.9 Å². The van der Waals surface area contributed by atoms with Crippen LogP contribution in [0.1, 0.15) is 40.1 Å². The third-order valence-corrected chi connectivity index (χ3v) is 7.45. The van der Waals surface area contributed by atoms with Crippen molar-refractivity contribution in [3.05, 3.63) is 100 Å². The average Bonchev–Trinajstić information content (AvgIpc) is 3.42. The number of benzene rings is 2. The molecule has 4 aromatic rings. The summed E-state index contributed by atoms with van der Waals surface area (Å²) in [5.74, 6) is -0.948. The van der Waals surface area contributed by atoms with E-state index >= 15 is 0 Å². The molecule has 40 heavy (non-hydrogen) atoms. The van der Waals surface area contributed by atoms with Crippen molar-refractivity contribution in [2.45, 2.75) is 31.3 Å². The Morgan fingerprint density at radius 3 is 2.38 bits per heavy atom. The normalized spacial score (nSPS) is 11.2. The molecule has 2 amide bonds. The van der Waals surface area contributed by atoms with Crippen LogP contribution in [0, 0.1) is 5.82 Å². The molecule has 2 aromatic carbocycles. The number of halogens is 1. The zero-order valence-electron chi connectivity index (χ0n) is 21.6. The maximum atomic E-state index is 13.1. The van der Waals surface area contributed by atoms with E-state index in [1.165, 1.54) is 12.1 Å². The van der Waals surface area contributed by atoms with Crippen molar-refractivity contribution >= 4 is 39.0 Å². The van der Waals surface area contributed by atoms with Crippen LogP contribution in [-0.4, -0.2) is 37.9 Å². The van der Waals surface area contributed by atoms with Crippen LogP contribution in [-0.2, 0) is 16.4 Å². The van der Waals surface area contributed by atoms with Crippen molar-refractivity contribution in [3.63, 3.8) is 0 Å². The smallest absolute Gasteiger partial charge is 0.266 e. The Labute approximate surface area is 235 Å². The van der Waals surface area contributed by atoms with Gasteiger partial charge in [-0.3, -0.25) is 9.59 Å². The average molecular weight is 584 g/mol. The highest BCUT2D eigenvalue weighted by molar-refractivity contribution is 7.90. The Balaban J connectivity index is 1.42. The number of hydrogen-bond acceptors (Lipinski definition) is 8. The van der Waals surface area contributed by atoms with Gasteiger partial charge in [-0.2, -0.15) is 11.3 Å². The molecule has 0 atom stereocenters. The van der Waals surface area contributed by atoms with Gasteiger partial charge in [-0.25, -0.2) is 22.5 Å². The van der Waals surface area contributed by atoms with Gasteiger partial charge in [0, 0.05) is 24.2 Å². The van der Waals surface area contributed by atoms with Gasteiger partial charge in [-0.15, -0.1) is 0 Å². The Bertz CT molecular complexity index is 1570. The molecule has 0 bridgehead atoms. The fourth-order valence-corrected chi connectivity index (χ4v) is 5.17. The van der Waals surface area contributed by atoms with E-state index in [9.17, 15) is 22.4 Å². The topological polar surface area (TPSA) is 124 Å². The molecule has 12 heteroatoms. The summed E-state index contributed by atoms with van der Waals surface area (Å²) in [4.78, 5) is 29.3. The van der Waals surface area contributed by atoms with Gasteiger partial charge >= 0.3 is 0 Å². The second-order valence-electron chi connectivity index (χ2n) is 8.86. The highest BCUT2D eigenvalue weighted by atomic mass is 32.2. The number of amides is 2. The first-order valence-electron chi connectivity index (χ1n) is 12.1. The van der Waals surface area contributed by atoms with E-state index in [0.29, 0.717) is 18.1 Å². The summed E-state index contributed by atoms with van der Waals surface area (Å²) in [7, 11) is -4.21. The van der Waals surface area contributed by atoms with Crippen molar-refractivity contribution in [2.75, 3.05) is 11.9 Å². The summed E-state index contributed by atoms with van der Waals surface area (Å²) >= 11 is 1.61. The summed E-state index contributed by atoms with van der Waals surface area (Å²) in [6, 6.07) is 13.6. The van der Waals surface area contributed by atoms with Crippen LogP contribution >= 0.6 is 11.3 Å². The van der Waals surface area contributed by atoms with Gasteiger partial charge in [0.15, 0.2) is 0 Å². The van der Waals surface area contributed by atoms with Gasteiger partial charge in [0.2, 0.25) is 0 Å². The zero-order chi connectivity index (χ0) is 28.7. The highest BCUT2D eigenvalue weighted by Gasteiger charge is 2.19. The second-order valence-corrected chi connectivity index (χ2v) is 11.3. The summed E-state index contributed by atoms with van der Waals surface area (Å²) in [6.45, 7) is 4.16. The van der Waals surface area contributed by atoms with E-state index in [1.807, 2.05) is 35.4 Å². The van der Waals surface area contributed by atoms with Crippen molar-refractivity contribution in [1.82, 2.24) is 9.71 Å². The number of thiophene rings is 1. The molecular weight excluding hydrogens is 557 g/mol. The van der Waals surface area contributed by atoms with Crippen LogP contribution in [0.3, 0.4) is 0 Å². The van der Waals surface area contributed by atoms with Gasteiger partial charge in [-0.05, 0) is 84.8 Å². The first kappa shape index (κ1) is 28.7. The number of nitrogens with one attached hydrogen (secondary N) is 2. The summed E-state index contributed by atoms with van der Waals surface area (Å²) in [6.07, 6.45) is 1.72. The van der Waals surface area contributed by atoms with Gasteiger partial charge in [0.1, 0.15) is 23.1 Å². The monoisotopic (exact) mass is 583 g/mol. The number of hydrogen-bond donors (Lipinski definition) is 2. The first-order chi connectivity index (χ1) is 19.1. The molecule has 2 aromatic heterocycles. The molecule has 0 aliphatic rings. The first-order valence-corrected chi connectivity index (χ1v) is 14.6. The Morgan fingerprint density at radius 2 is 1.73 bits per heavy atom. The maximum absolute atomic E-state index is 13.1. The fourth-order valence-electron chi connectivity index (χ4n) is 3.49. The lowest BCUT2D eigenvalue weighted by Crippen LogP contribution is -2.30. The van der Waals surface area contributed by atoms with Crippen molar-refractivity contribution in [3.8, 4) is 11.5 Å². The lowest BCUT2D eigenvalue weighted by atomic mass is 10.1. The van der Waals surface area contributed by atoms with Crippen LogP contribution in [0.2, 0.25) is 0 Å². The Morgan fingerprint density at radius 1 is 0.975 bits per heavy atom. The molecule has 208 valence electrons. The third-order valence-electron chi connectivity index (χ3n) is 5.37. The molecule has 0 aliphatic carbocycles. The van der Waals surface area contributed by atoms with Crippen LogP contribution in [0.25, 0.3) is 0 Å². The number of pyridine rings is 1. The molecule has 0 unspecified atom stereocenters. The van der Waals surface area contributed by atoms with Crippen LogP contribution in [0.4, 0.5) is 10.2 Å². The third kappa shape index (κ3) is 7.87. The molecule has 0 saturated heterocycles. The summed E-state index contributed by atoms with van der Waals surface area (Å²) in [5, 5.41) is 6.69. The standard InChI is InChI=1S/C28H26FN3O6S2/c1-18(2)38-24-14-21(13-23(15-24)37-11-9-19-10-12-39-17-19)27(33)31-26-8-3-20(16-30-26)28(34)32-40(35,36)25-6-4-22(29)5-7-25/h3-8,10,12-18H,9,11H2,1-2H3,(H,32,34)(H,30,31,33). The molecule has 2 N–H and O–H groups in total. The van der Waals surface area contributed by atoms with Gasteiger partial charge < -0.3 is 14.8 Å². The number of carbonyl (C=O) groups is 2. The van der Waals surface area contributed by atoms with E-state index in [1.54, 1.807) is 29.5 Å².